The van der Waals surface area contributed by atoms with Crippen LogP contribution in [0.25, 0.3) is 10.9 Å². The maximum Gasteiger partial charge on any atom is 0.193 e. The van der Waals surface area contributed by atoms with Crippen molar-refractivity contribution in [2.45, 2.75) is 56.7 Å². The molecule has 1 aromatic carbocycles. The molecule has 9 atom stereocenters. The third-order valence-corrected chi connectivity index (χ3v) is 11.1. The van der Waals surface area contributed by atoms with Gasteiger partial charge in [0, 0.05) is 34.2 Å². The highest BCUT2D eigenvalue weighted by Gasteiger charge is 2.79. The molecule has 2 aromatic rings. The second-order valence-electron chi connectivity index (χ2n) is 12.6. The number of pyridine rings is 1. The van der Waals surface area contributed by atoms with Crippen LogP contribution in [0.2, 0.25) is 0 Å². The smallest absolute Gasteiger partial charge is 0.193 e. The quantitative estimate of drug-likeness (QED) is 0.599. The molecule has 7 rings (SSSR count). The lowest BCUT2D eigenvalue weighted by molar-refractivity contribution is -0.228. The topological polar surface area (TPSA) is 100.0 Å². The van der Waals surface area contributed by atoms with E-state index in [-0.39, 0.29) is 18.4 Å². The largest absolute Gasteiger partial charge is 0.390 e. The van der Waals surface area contributed by atoms with Crippen LogP contribution in [0.5, 0.6) is 0 Å². The number of Topliss-reactive ketones (excluding diaryl/α,β-unsaturated/α-hetero) is 1. The molecule has 7 nitrogen and oxygen atoms in total. The highest BCUT2D eigenvalue weighted by molar-refractivity contribution is 6.01. The van der Waals surface area contributed by atoms with Gasteiger partial charge >= 0.3 is 0 Å². The number of carbonyl (C=O) groups excluding carboxylic acids is 2. The summed E-state index contributed by atoms with van der Waals surface area (Å²) in [6, 6.07) is 9.41. The van der Waals surface area contributed by atoms with Crippen molar-refractivity contribution in [1.29, 1.82) is 0 Å². The zero-order chi connectivity index (χ0) is 28.2. The van der Waals surface area contributed by atoms with E-state index in [4.69, 9.17) is 4.84 Å². The summed E-state index contributed by atoms with van der Waals surface area (Å²) in [5.41, 5.74) is -4.73. The van der Waals surface area contributed by atoms with Gasteiger partial charge in [-0.05, 0) is 74.1 Å². The average molecular weight is 551 g/mol. The molecule has 3 saturated carbocycles. The minimum atomic E-state index is -2.24. The molecule has 2 heterocycles. The number of hydroxylamine groups is 1. The van der Waals surface area contributed by atoms with Crippen LogP contribution < -0.4 is 5.06 Å². The van der Waals surface area contributed by atoms with Crippen molar-refractivity contribution in [2.24, 2.45) is 28.6 Å². The Labute approximate surface area is 230 Å². The Morgan fingerprint density at radius 3 is 2.80 bits per heavy atom. The van der Waals surface area contributed by atoms with Gasteiger partial charge in [0.2, 0.25) is 0 Å². The molecule has 4 fully saturated rings. The van der Waals surface area contributed by atoms with Crippen molar-refractivity contribution in [3.05, 3.63) is 60.3 Å². The summed E-state index contributed by atoms with van der Waals surface area (Å²) in [6.45, 7) is 2.94. The number of fused-ring (bicyclic) bond motifs is 8. The van der Waals surface area contributed by atoms with Gasteiger partial charge in [-0.15, -0.1) is 0 Å². The second kappa shape index (κ2) is 8.27. The molecule has 5 aliphatic rings. The molecule has 2 N–H and O–H groups in total. The Kier molecular flexibility index (Phi) is 5.36. The van der Waals surface area contributed by atoms with Gasteiger partial charge in [0.15, 0.2) is 22.8 Å². The zero-order valence-electron chi connectivity index (χ0n) is 22.4. The molecular formula is C31H32F2N2O5. The lowest BCUT2D eigenvalue weighted by Crippen LogP contribution is -2.70. The van der Waals surface area contributed by atoms with Crippen LogP contribution in [0, 0.1) is 28.6 Å². The van der Waals surface area contributed by atoms with Crippen molar-refractivity contribution in [3.63, 3.8) is 0 Å². The van der Waals surface area contributed by atoms with Crippen molar-refractivity contribution in [2.75, 3.05) is 18.2 Å². The number of allylic oxidation sites excluding steroid dienone is 4. The van der Waals surface area contributed by atoms with Gasteiger partial charge < -0.3 is 10.2 Å². The lowest BCUT2D eigenvalue weighted by atomic mass is 9.44. The van der Waals surface area contributed by atoms with Gasteiger partial charge in [-0.3, -0.25) is 24.5 Å². The molecule has 0 amide bonds. The first-order valence-corrected chi connectivity index (χ1v) is 13.9. The number of alkyl halides is 2. The van der Waals surface area contributed by atoms with Crippen molar-refractivity contribution < 1.29 is 33.4 Å². The third-order valence-electron chi connectivity index (χ3n) is 11.1. The van der Waals surface area contributed by atoms with Crippen molar-refractivity contribution >= 4 is 28.2 Å². The first-order valence-electron chi connectivity index (χ1n) is 13.9. The number of rotatable bonds is 3. The monoisotopic (exact) mass is 550 g/mol. The van der Waals surface area contributed by atoms with Gasteiger partial charge in [0.1, 0.15) is 12.8 Å². The summed E-state index contributed by atoms with van der Waals surface area (Å²) in [7, 11) is 0. The van der Waals surface area contributed by atoms with Crippen LogP contribution in [0.1, 0.15) is 33.1 Å². The molecule has 4 aliphatic carbocycles. The number of aliphatic hydroxyl groups excluding tert-OH is 2. The lowest BCUT2D eigenvalue weighted by Gasteiger charge is -2.63. The van der Waals surface area contributed by atoms with E-state index >= 15 is 8.78 Å². The van der Waals surface area contributed by atoms with Gasteiger partial charge in [-0.1, -0.05) is 19.1 Å². The summed E-state index contributed by atoms with van der Waals surface area (Å²) in [5.74, 6) is -2.74. The average Bonchev–Trinajstić information content (AvgIpc) is 3.44. The van der Waals surface area contributed by atoms with E-state index in [1.54, 1.807) is 18.2 Å². The molecular weight excluding hydrogens is 518 g/mol. The number of aromatic nitrogens is 1. The Morgan fingerprint density at radius 2 is 2.02 bits per heavy atom. The Morgan fingerprint density at radius 1 is 1.23 bits per heavy atom. The highest BCUT2D eigenvalue weighted by atomic mass is 19.1. The fourth-order valence-corrected chi connectivity index (χ4v) is 9.24. The number of anilines is 1. The molecule has 0 spiro atoms. The molecule has 1 saturated heterocycles. The molecule has 1 aliphatic heterocycles. The molecule has 0 unspecified atom stereocenters. The normalized spacial score (nSPS) is 43.6. The summed E-state index contributed by atoms with van der Waals surface area (Å²) < 4.78 is 33.3. The van der Waals surface area contributed by atoms with Crippen molar-refractivity contribution in [3.8, 4) is 0 Å². The summed E-state index contributed by atoms with van der Waals surface area (Å²) in [5, 5.41) is 24.3. The predicted octanol–water partition coefficient (Wildman–Crippen LogP) is 3.83. The molecule has 9 heteroatoms. The van der Waals surface area contributed by atoms with E-state index in [1.165, 1.54) is 18.2 Å². The summed E-state index contributed by atoms with van der Waals surface area (Å²) in [4.78, 5) is 36.7. The SMILES string of the molecule is C[C@]12C=CC(=O)C=C1[C@@H](F)C[C@H]1[C@@H]3C[C@H]4CN(c5ccc6ncccc6c5)O[C@@]4(C(=O)CO)[C@@]3(C)C[C@H](O)[C@@]12F. The van der Waals surface area contributed by atoms with Crippen LogP contribution >= 0.6 is 0 Å². The minimum absolute atomic E-state index is 0.0639. The number of aliphatic hydroxyl groups is 2. The molecule has 210 valence electrons. The number of ketones is 2. The van der Waals surface area contributed by atoms with Gasteiger partial charge in [-0.25, -0.2) is 8.78 Å². The standard InChI is InChI=1S/C31H32F2N2O5/c1-28-8-7-20(37)12-23(28)24(32)13-22-21-11-18-15-35(19-5-6-25-17(10-19)4-3-9-34-25)40-31(18,27(39)16-36)29(21,2)14-26(38)30(22,28)33/h3-10,12,18,21-22,24,26,36,38H,11,13-16H2,1-2H3/t18-,21-,22-,24-,26-,28-,29-,30-,31-/m0/s1. The fraction of sp³-hybridized carbons (Fsp3) is 0.516. The number of hydrogen-bond acceptors (Lipinski definition) is 7. The zero-order valence-corrected chi connectivity index (χ0v) is 22.4. The number of halogens is 2. The van der Waals surface area contributed by atoms with Crippen LogP contribution in [0.3, 0.4) is 0 Å². The summed E-state index contributed by atoms with van der Waals surface area (Å²) in [6.07, 6.45) is 2.50. The number of carbonyl (C=O) groups is 2. The molecule has 0 radical (unpaired) electrons. The number of hydrogen-bond donors (Lipinski definition) is 2. The van der Waals surface area contributed by atoms with Crippen LogP contribution in [-0.4, -0.2) is 63.5 Å². The van der Waals surface area contributed by atoms with Gasteiger partial charge in [0.05, 0.1) is 23.9 Å². The van der Waals surface area contributed by atoms with E-state index in [2.05, 4.69) is 4.98 Å². The third kappa shape index (κ3) is 2.95. The Balaban J connectivity index is 1.31. The van der Waals surface area contributed by atoms with Crippen LogP contribution in [-0.2, 0) is 14.4 Å². The van der Waals surface area contributed by atoms with E-state index in [9.17, 15) is 19.8 Å². The minimum Gasteiger partial charge on any atom is -0.390 e. The van der Waals surface area contributed by atoms with E-state index in [1.807, 2.05) is 37.3 Å². The first-order chi connectivity index (χ1) is 19.0. The highest BCUT2D eigenvalue weighted by Crippen LogP contribution is 2.72. The van der Waals surface area contributed by atoms with Gasteiger partial charge in [0.25, 0.3) is 0 Å². The Bertz CT molecular complexity index is 1510. The van der Waals surface area contributed by atoms with E-state index in [0.717, 1.165) is 16.6 Å². The first kappa shape index (κ1) is 25.9. The maximum atomic E-state index is 17.5. The van der Waals surface area contributed by atoms with E-state index < -0.39 is 70.3 Å². The Hall–Kier alpha value is -3.01. The van der Waals surface area contributed by atoms with Crippen LogP contribution in [0.15, 0.2) is 60.3 Å². The fourth-order valence-electron chi connectivity index (χ4n) is 9.24. The predicted molar refractivity (Wildman–Crippen MR) is 143 cm³/mol. The molecule has 40 heavy (non-hydrogen) atoms. The second-order valence-corrected chi connectivity index (χ2v) is 12.6. The van der Waals surface area contributed by atoms with Crippen LogP contribution in [0.4, 0.5) is 14.5 Å². The molecule has 1 aromatic heterocycles. The summed E-state index contributed by atoms with van der Waals surface area (Å²) >= 11 is 0. The van der Waals surface area contributed by atoms with E-state index in [0.29, 0.717) is 13.0 Å². The number of benzene rings is 1. The maximum absolute atomic E-state index is 17.5. The van der Waals surface area contributed by atoms with Gasteiger partial charge in [-0.2, -0.15) is 0 Å². The van der Waals surface area contributed by atoms with Crippen molar-refractivity contribution in [1.82, 2.24) is 4.98 Å². The molecule has 0 bridgehead atoms. The number of nitrogens with zero attached hydrogens (tertiary/aromatic N) is 2.